The number of rotatable bonds is 8. The van der Waals surface area contributed by atoms with Gasteiger partial charge < -0.3 is 10.1 Å². The monoisotopic (exact) mass is 435 g/mol. The number of amides is 1. The molecule has 1 N–H and O–H groups in total. The van der Waals surface area contributed by atoms with Crippen LogP contribution in [0.3, 0.4) is 0 Å². The van der Waals surface area contributed by atoms with Crippen LogP contribution in [0.2, 0.25) is 0 Å². The van der Waals surface area contributed by atoms with Gasteiger partial charge in [0.2, 0.25) is 0 Å². The van der Waals surface area contributed by atoms with Crippen molar-refractivity contribution in [2.75, 3.05) is 19.6 Å². The number of ether oxygens (including phenoxy) is 1. The summed E-state index contributed by atoms with van der Waals surface area (Å²) in [5.41, 5.74) is 5.90. The lowest BCUT2D eigenvalue weighted by Gasteiger charge is -2.32. The Morgan fingerprint density at radius 1 is 1.16 bits per heavy atom. The van der Waals surface area contributed by atoms with E-state index < -0.39 is 0 Å². The number of nitrogens with one attached hydrogen (secondary N) is 1. The van der Waals surface area contributed by atoms with Gasteiger partial charge in [0.25, 0.3) is 5.91 Å². The van der Waals surface area contributed by atoms with E-state index in [9.17, 15) is 4.79 Å². The molecule has 0 saturated carbocycles. The summed E-state index contributed by atoms with van der Waals surface area (Å²) in [4.78, 5) is 19.5. The lowest BCUT2D eigenvalue weighted by atomic mass is 9.96. The van der Waals surface area contributed by atoms with Crippen LogP contribution in [0.1, 0.15) is 40.0 Å². The van der Waals surface area contributed by atoms with Gasteiger partial charge in [-0.1, -0.05) is 42.0 Å². The van der Waals surface area contributed by atoms with Crippen LogP contribution in [0.25, 0.3) is 0 Å². The highest BCUT2D eigenvalue weighted by Gasteiger charge is 2.21. The number of likely N-dealkylation sites (tertiary alicyclic amines) is 1. The Hall–Kier alpha value is -2.70. The first-order valence-corrected chi connectivity index (χ1v) is 11.8. The van der Waals surface area contributed by atoms with Crippen molar-refractivity contribution >= 4 is 17.2 Å². The summed E-state index contributed by atoms with van der Waals surface area (Å²) < 4.78 is 5.85. The number of aromatic nitrogens is 1. The second-order valence-corrected chi connectivity index (χ2v) is 8.90. The fraction of sp³-hybridized carbons (Fsp3) is 0.360. The maximum Gasteiger partial charge on any atom is 0.255 e. The van der Waals surface area contributed by atoms with Crippen molar-refractivity contribution in [2.45, 2.75) is 32.9 Å². The molecule has 162 valence electrons. The predicted molar refractivity (Wildman–Crippen MR) is 124 cm³/mol. The highest BCUT2D eigenvalue weighted by atomic mass is 32.1. The van der Waals surface area contributed by atoms with Crippen LogP contribution in [0.5, 0.6) is 5.75 Å². The number of carbonyl (C=O) groups excluding carboxylic acids is 1. The smallest absolute Gasteiger partial charge is 0.255 e. The lowest BCUT2D eigenvalue weighted by Crippen LogP contribution is -2.38. The zero-order chi connectivity index (χ0) is 21.5. The Morgan fingerprint density at radius 2 is 1.94 bits per heavy atom. The molecule has 0 unspecified atom stereocenters. The number of thiazole rings is 1. The van der Waals surface area contributed by atoms with E-state index >= 15 is 0 Å². The maximum atomic E-state index is 12.8. The van der Waals surface area contributed by atoms with Gasteiger partial charge in [0.15, 0.2) is 0 Å². The minimum absolute atomic E-state index is 0.0732. The van der Waals surface area contributed by atoms with E-state index in [-0.39, 0.29) is 5.91 Å². The molecule has 0 radical (unpaired) electrons. The van der Waals surface area contributed by atoms with Gasteiger partial charge in [0, 0.05) is 18.5 Å². The summed E-state index contributed by atoms with van der Waals surface area (Å²) in [5.74, 6) is 1.04. The van der Waals surface area contributed by atoms with Crippen LogP contribution in [0.4, 0.5) is 0 Å². The Bertz CT molecular complexity index is 965. The molecule has 0 atom stereocenters. The molecular weight excluding hydrogens is 406 g/mol. The largest absolute Gasteiger partial charge is 0.486 e. The van der Waals surface area contributed by atoms with Crippen LogP contribution in [0.15, 0.2) is 59.4 Å². The molecule has 1 aromatic heterocycles. The predicted octanol–water partition coefficient (Wildman–Crippen LogP) is 4.67. The second-order valence-electron chi connectivity index (χ2n) is 8.18. The van der Waals surface area contributed by atoms with E-state index in [2.05, 4.69) is 46.4 Å². The number of hydrogen-bond donors (Lipinski definition) is 1. The topological polar surface area (TPSA) is 54.5 Å². The zero-order valence-corrected chi connectivity index (χ0v) is 18.7. The highest BCUT2D eigenvalue weighted by Crippen LogP contribution is 2.21. The van der Waals surface area contributed by atoms with Crippen molar-refractivity contribution in [1.82, 2.24) is 15.2 Å². The first kappa shape index (κ1) is 21.5. The third-order valence-electron chi connectivity index (χ3n) is 5.78. The number of nitrogens with zero attached hydrogens (tertiary/aromatic N) is 2. The van der Waals surface area contributed by atoms with E-state index in [0.29, 0.717) is 30.4 Å². The first-order chi connectivity index (χ1) is 15.2. The number of para-hydroxylation sites is 1. The van der Waals surface area contributed by atoms with E-state index in [4.69, 9.17) is 4.74 Å². The summed E-state index contributed by atoms with van der Waals surface area (Å²) in [5, 5.41) is 5.07. The number of aryl methyl sites for hydroxylation is 1. The van der Waals surface area contributed by atoms with Crippen molar-refractivity contribution in [3.63, 3.8) is 0 Å². The molecule has 1 amide bonds. The van der Waals surface area contributed by atoms with E-state index in [1.165, 1.54) is 22.5 Å². The Labute approximate surface area is 188 Å². The van der Waals surface area contributed by atoms with Crippen LogP contribution in [-0.2, 0) is 13.2 Å². The number of carbonyl (C=O) groups is 1. The van der Waals surface area contributed by atoms with Gasteiger partial charge in [-0.15, -0.1) is 11.3 Å². The molecule has 1 aliphatic heterocycles. The van der Waals surface area contributed by atoms with Crippen LogP contribution in [-0.4, -0.2) is 35.4 Å². The lowest BCUT2D eigenvalue weighted by molar-refractivity contribution is 0.0930. The zero-order valence-electron chi connectivity index (χ0n) is 17.9. The number of benzene rings is 2. The quantitative estimate of drug-likeness (QED) is 0.559. The normalized spacial score (nSPS) is 15.0. The molecule has 0 bridgehead atoms. The minimum atomic E-state index is -0.0732. The molecule has 4 rings (SSSR count). The Balaban J connectivity index is 1.24. The summed E-state index contributed by atoms with van der Waals surface area (Å²) in [6, 6.07) is 16.2. The standard InChI is InChI=1S/C25H29N3O2S/c1-19-6-8-21(9-7-19)15-28-12-10-20(11-13-28)14-26-25(29)23-4-2-3-5-24(23)30-16-22-17-31-18-27-22/h2-9,17-18,20H,10-16H2,1H3,(H,26,29). The summed E-state index contributed by atoms with van der Waals surface area (Å²) >= 11 is 1.54. The number of hydrogen-bond acceptors (Lipinski definition) is 5. The average Bonchev–Trinajstić information content (AvgIpc) is 3.32. The van der Waals surface area contributed by atoms with Gasteiger partial charge in [0.1, 0.15) is 12.4 Å². The fourth-order valence-electron chi connectivity index (χ4n) is 3.87. The van der Waals surface area contributed by atoms with E-state index in [1.807, 2.05) is 29.6 Å². The summed E-state index contributed by atoms with van der Waals surface area (Å²) in [7, 11) is 0. The molecule has 1 fully saturated rings. The van der Waals surface area contributed by atoms with E-state index in [1.54, 1.807) is 5.51 Å². The Morgan fingerprint density at radius 3 is 2.68 bits per heavy atom. The van der Waals surface area contributed by atoms with Crippen molar-refractivity contribution in [3.05, 3.63) is 81.8 Å². The van der Waals surface area contributed by atoms with Gasteiger partial charge in [0.05, 0.1) is 16.8 Å². The molecule has 0 aliphatic carbocycles. The van der Waals surface area contributed by atoms with Crippen LogP contribution < -0.4 is 10.1 Å². The molecule has 5 nitrogen and oxygen atoms in total. The average molecular weight is 436 g/mol. The van der Waals surface area contributed by atoms with E-state index in [0.717, 1.165) is 38.2 Å². The van der Waals surface area contributed by atoms with Gasteiger partial charge >= 0.3 is 0 Å². The van der Waals surface area contributed by atoms with Gasteiger partial charge in [-0.2, -0.15) is 0 Å². The van der Waals surface area contributed by atoms with Crippen molar-refractivity contribution in [1.29, 1.82) is 0 Å². The molecule has 2 aromatic carbocycles. The molecule has 3 aromatic rings. The summed E-state index contributed by atoms with van der Waals surface area (Å²) in [6.07, 6.45) is 2.21. The van der Waals surface area contributed by atoms with Crippen LogP contribution in [0, 0.1) is 12.8 Å². The third-order valence-corrected chi connectivity index (χ3v) is 6.41. The third kappa shape index (κ3) is 6.15. The molecule has 0 spiro atoms. The fourth-order valence-corrected chi connectivity index (χ4v) is 4.42. The van der Waals surface area contributed by atoms with Crippen molar-refractivity contribution in [3.8, 4) is 5.75 Å². The highest BCUT2D eigenvalue weighted by molar-refractivity contribution is 7.07. The van der Waals surface area contributed by atoms with Gasteiger partial charge in [-0.05, 0) is 56.5 Å². The van der Waals surface area contributed by atoms with Crippen molar-refractivity contribution in [2.24, 2.45) is 5.92 Å². The first-order valence-electron chi connectivity index (χ1n) is 10.8. The molecule has 1 aliphatic rings. The Kier molecular flexibility index (Phi) is 7.33. The maximum absolute atomic E-state index is 12.8. The van der Waals surface area contributed by atoms with Gasteiger partial charge in [-0.3, -0.25) is 9.69 Å². The summed E-state index contributed by atoms with van der Waals surface area (Å²) in [6.45, 7) is 6.34. The second kappa shape index (κ2) is 10.6. The minimum Gasteiger partial charge on any atom is -0.486 e. The SMILES string of the molecule is Cc1ccc(CN2CCC(CNC(=O)c3ccccc3OCc3cscn3)CC2)cc1. The van der Waals surface area contributed by atoms with Crippen LogP contribution >= 0.6 is 11.3 Å². The molecule has 31 heavy (non-hydrogen) atoms. The van der Waals surface area contributed by atoms with Crippen molar-refractivity contribution < 1.29 is 9.53 Å². The molecule has 6 heteroatoms. The molecule has 1 saturated heterocycles. The molecular formula is C25H29N3O2S. The number of piperidine rings is 1. The molecule has 2 heterocycles. The van der Waals surface area contributed by atoms with Gasteiger partial charge in [-0.25, -0.2) is 4.98 Å².